The van der Waals surface area contributed by atoms with Crippen LogP contribution in [-0.2, 0) is 28.6 Å². The summed E-state index contributed by atoms with van der Waals surface area (Å²) in [6.07, 6.45) is 2.63. The minimum Gasteiger partial charge on any atom is -0.460 e. The molecule has 0 amide bonds. The lowest BCUT2D eigenvalue weighted by Gasteiger charge is -2.11. The topological polar surface area (TPSA) is 78.9 Å². The standard InChI is InChI=1S/C14H18O6/c1-3-12(15)20-13(16)7-6-10(2)14(17)19-9-11-5-4-8-18-11/h3,11H,1-2,4-9H2. The van der Waals surface area contributed by atoms with Crippen LogP contribution in [0, 0.1) is 0 Å². The highest BCUT2D eigenvalue weighted by atomic mass is 16.6. The van der Waals surface area contributed by atoms with E-state index in [1.165, 1.54) is 0 Å². The number of hydrogen-bond donors (Lipinski definition) is 0. The largest absolute Gasteiger partial charge is 0.460 e. The van der Waals surface area contributed by atoms with E-state index < -0.39 is 17.9 Å². The van der Waals surface area contributed by atoms with E-state index in [1.807, 2.05) is 0 Å². The number of carbonyl (C=O) groups is 3. The first-order valence-corrected chi connectivity index (χ1v) is 6.36. The second-order valence-corrected chi connectivity index (χ2v) is 4.33. The lowest BCUT2D eigenvalue weighted by molar-refractivity contribution is -0.156. The van der Waals surface area contributed by atoms with E-state index >= 15 is 0 Å². The Labute approximate surface area is 117 Å². The molecule has 0 spiro atoms. The minimum atomic E-state index is -0.818. The van der Waals surface area contributed by atoms with Gasteiger partial charge in [-0.05, 0) is 19.3 Å². The van der Waals surface area contributed by atoms with Gasteiger partial charge in [0.2, 0.25) is 0 Å². The molecule has 1 aliphatic rings. The molecule has 0 aliphatic carbocycles. The second-order valence-electron chi connectivity index (χ2n) is 4.33. The van der Waals surface area contributed by atoms with Crippen LogP contribution in [0.3, 0.4) is 0 Å². The third-order valence-electron chi connectivity index (χ3n) is 2.72. The summed E-state index contributed by atoms with van der Waals surface area (Å²) in [7, 11) is 0. The Morgan fingerprint density at radius 1 is 1.30 bits per heavy atom. The lowest BCUT2D eigenvalue weighted by atomic mass is 10.1. The summed E-state index contributed by atoms with van der Waals surface area (Å²) < 4.78 is 14.7. The summed E-state index contributed by atoms with van der Waals surface area (Å²) in [5.74, 6) is -2.12. The molecule has 1 saturated heterocycles. The van der Waals surface area contributed by atoms with E-state index in [1.54, 1.807) is 0 Å². The molecule has 0 aromatic heterocycles. The molecular weight excluding hydrogens is 264 g/mol. The Balaban J connectivity index is 2.20. The van der Waals surface area contributed by atoms with Crippen LogP contribution in [0.2, 0.25) is 0 Å². The zero-order valence-corrected chi connectivity index (χ0v) is 11.3. The van der Waals surface area contributed by atoms with Gasteiger partial charge in [-0.3, -0.25) is 4.79 Å². The predicted molar refractivity (Wildman–Crippen MR) is 69.6 cm³/mol. The molecule has 1 heterocycles. The lowest BCUT2D eigenvalue weighted by Crippen LogP contribution is -2.19. The highest BCUT2D eigenvalue weighted by Crippen LogP contribution is 2.13. The van der Waals surface area contributed by atoms with Crippen molar-refractivity contribution in [1.82, 2.24) is 0 Å². The highest BCUT2D eigenvalue weighted by Gasteiger charge is 2.19. The van der Waals surface area contributed by atoms with Crippen LogP contribution in [0.5, 0.6) is 0 Å². The number of hydrogen-bond acceptors (Lipinski definition) is 6. The molecule has 0 aromatic rings. The summed E-state index contributed by atoms with van der Waals surface area (Å²) in [6, 6.07) is 0. The van der Waals surface area contributed by atoms with Gasteiger partial charge in [-0.15, -0.1) is 0 Å². The number of rotatable bonds is 7. The maximum absolute atomic E-state index is 11.6. The summed E-state index contributed by atoms with van der Waals surface area (Å²) >= 11 is 0. The highest BCUT2D eigenvalue weighted by molar-refractivity contribution is 5.92. The summed E-state index contributed by atoms with van der Waals surface area (Å²) in [4.78, 5) is 33.5. The molecule has 20 heavy (non-hydrogen) atoms. The van der Waals surface area contributed by atoms with Crippen LogP contribution < -0.4 is 0 Å². The van der Waals surface area contributed by atoms with Crippen molar-refractivity contribution in [3.8, 4) is 0 Å². The van der Waals surface area contributed by atoms with Gasteiger partial charge in [-0.2, -0.15) is 0 Å². The van der Waals surface area contributed by atoms with Crippen LogP contribution >= 0.6 is 0 Å². The number of carbonyl (C=O) groups excluding carboxylic acids is 3. The van der Waals surface area contributed by atoms with Gasteiger partial charge in [0.25, 0.3) is 0 Å². The molecular formula is C14H18O6. The van der Waals surface area contributed by atoms with E-state index in [-0.39, 0.29) is 31.1 Å². The average molecular weight is 282 g/mol. The zero-order chi connectivity index (χ0) is 15.0. The Morgan fingerprint density at radius 2 is 2.05 bits per heavy atom. The van der Waals surface area contributed by atoms with Crippen molar-refractivity contribution in [3.63, 3.8) is 0 Å². The Bertz CT molecular complexity index is 406. The molecule has 0 aromatic carbocycles. The van der Waals surface area contributed by atoms with Crippen LogP contribution in [0.1, 0.15) is 25.7 Å². The van der Waals surface area contributed by atoms with Crippen molar-refractivity contribution in [2.24, 2.45) is 0 Å². The molecule has 1 atom stereocenters. The van der Waals surface area contributed by atoms with Crippen LogP contribution in [-0.4, -0.2) is 37.2 Å². The molecule has 110 valence electrons. The van der Waals surface area contributed by atoms with Gasteiger partial charge < -0.3 is 14.2 Å². The molecule has 0 radical (unpaired) electrons. The van der Waals surface area contributed by atoms with Crippen molar-refractivity contribution in [2.45, 2.75) is 31.8 Å². The molecule has 1 aliphatic heterocycles. The Hall–Kier alpha value is -1.95. The average Bonchev–Trinajstić information content (AvgIpc) is 2.95. The minimum absolute atomic E-state index is 0.0538. The van der Waals surface area contributed by atoms with E-state index in [4.69, 9.17) is 9.47 Å². The van der Waals surface area contributed by atoms with Crippen molar-refractivity contribution in [3.05, 3.63) is 24.8 Å². The first-order valence-electron chi connectivity index (χ1n) is 6.36. The Morgan fingerprint density at radius 3 is 2.65 bits per heavy atom. The monoisotopic (exact) mass is 282 g/mol. The summed E-state index contributed by atoms with van der Waals surface area (Å²) in [5.41, 5.74) is 0.158. The van der Waals surface area contributed by atoms with Gasteiger partial charge in [0.15, 0.2) is 0 Å². The van der Waals surface area contributed by atoms with Gasteiger partial charge in [0.05, 0.1) is 12.5 Å². The van der Waals surface area contributed by atoms with Gasteiger partial charge in [-0.25, -0.2) is 9.59 Å². The quantitative estimate of drug-likeness (QED) is 0.398. The molecule has 1 rings (SSSR count). The summed E-state index contributed by atoms with van der Waals surface area (Å²) in [5, 5.41) is 0. The van der Waals surface area contributed by atoms with E-state index in [2.05, 4.69) is 17.9 Å². The second kappa shape index (κ2) is 8.27. The number of esters is 3. The molecule has 0 bridgehead atoms. The fourth-order valence-electron chi connectivity index (χ4n) is 1.61. The van der Waals surface area contributed by atoms with Crippen molar-refractivity contribution in [1.29, 1.82) is 0 Å². The molecule has 0 N–H and O–H groups in total. The van der Waals surface area contributed by atoms with Crippen molar-refractivity contribution < 1.29 is 28.6 Å². The molecule has 6 heteroatoms. The first kappa shape index (κ1) is 16.1. The Kier molecular flexibility index (Phi) is 6.66. The first-order chi connectivity index (χ1) is 9.52. The third kappa shape index (κ3) is 5.79. The van der Waals surface area contributed by atoms with Gasteiger partial charge >= 0.3 is 17.9 Å². The third-order valence-corrected chi connectivity index (χ3v) is 2.72. The SMILES string of the molecule is C=CC(=O)OC(=O)CCC(=C)C(=O)OCC1CCCO1. The molecule has 1 fully saturated rings. The van der Waals surface area contributed by atoms with Crippen molar-refractivity contribution in [2.75, 3.05) is 13.2 Å². The van der Waals surface area contributed by atoms with E-state index in [0.29, 0.717) is 6.61 Å². The fourth-order valence-corrected chi connectivity index (χ4v) is 1.61. The zero-order valence-electron chi connectivity index (χ0n) is 11.3. The molecule has 0 saturated carbocycles. The van der Waals surface area contributed by atoms with E-state index in [9.17, 15) is 14.4 Å². The maximum Gasteiger partial charge on any atom is 0.337 e. The van der Waals surface area contributed by atoms with Crippen molar-refractivity contribution >= 4 is 17.9 Å². The van der Waals surface area contributed by atoms with Gasteiger partial charge in [0.1, 0.15) is 6.61 Å². The van der Waals surface area contributed by atoms with Gasteiger partial charge in [0, 0.05) is 18.3 Å². The summed E-state index contributed by atoms with van der Waals surface area (Å²) in [6.45, 7) is 7.59. The molecule has 1 unspecified atom stereocenters. The number of ether oxygens (including phenoxy) is 3. The smallest absolute Gasteiger partial charge is 0.337 e. The van der Waals surface area contributed by atoms with Crippen LogP contribution in [0.25, 0.3) is 0 Å². The predicted octanol–water partition coefficient (Wildman–Crippen LogP) is 1.30. The fraction of sp³-hybridized carbons (Fsp3) is 0.500. The van der Waals surface area contributed by atoms with Gasteiger partial charge in [-0.1, -0.05) is 13.2 Å². The van der Waals surface area contributed by atoms with Crippen LogP contribution in [0.15, 0.2) is 24.8 Å². The maximum atomic E-state index is 11.6. The molecule has 6 nitrogen and oxygen atoms in total. The normalized spacial score (nSPS) is 17.3. The van der Waals surface area contributed by atoms with E-state index in [0.717, 1.165) is 18.9 Å². The van der Waals surface area contributed by atoms with Crippen LogP contribution in [0.4, 0.5) is 0 Å².